The first-order valence-electron chi connectivity index (χ1n) is 9.69. The highest BCUT2D eigenvalue weighted by Gasteiger charge is 2.22. The number of benzene rings is 1. The molecular weight excluding hydrogens is 392 g/mol. The molecule has 0 atom stereocenters. The lowest BCUT2D eigenvalue weighted by atomic mass is 10.1. The van der Waals surface area contributed by atoms with Crippen LogP contribution in [0.5, 0.6) is 0 Å². The maximum absolute atomic E-state index is 12.3. The Morgan fingerprint density at radius 1 is 1.21 bits per heavy atom. The van der Waals surface area contributed by atoms with Crippen LogP contribution in [0.2, 0.25) is 0 Å². The van der Waals surface area contributed by atoms with Gasteiger partial charge in [-0.3, -0.25) is 9.69 Å². The van der Waals surface area contributed by atoms with E-state index in [1.165, 1.54) is 11.3 Å². The highest BCUT2D eigenvalue weighted by atomic mass is 32.1. The lowest BCUT2D eigenvalue weighted by Gasteiger charge is -2.31. The summed E-state index contributed by atoms with van der Waals surface area (Å²) >= 11 is 1.37. The number of likely N-dealkylation sites (N-methyl/N-ethyl adjacent to an activating group) is 1. The molecular formula is C20H26N4O4S. The summed E-state index contributed by atoms with van der Waals surface area (Å²) < 4.78 is 6.00. The number of ether oxygens (including phenoxy) is 1. The number of esters is 1. The molecule has 156 valence electrons. The molecule has 0 aliphatic carbocycles. The number of urea groups is 1. The van der Waals surface area contributed by atoms with E-state index in [9.17, 15) is 14.4 Å². The molecule has 1 aliphatic heterocycles. The molecule has 1 saturated heterocycles. The first kappa shape index (κ1) is 21.1. The van der Waals surface area contributed by atoms with E-state index in [4.69, 9.17) is 4.74 Å². The maximum Gasteiger partial charge on any atom is 0.348 e. The van der Waals surface area contributed by atoms with Gasteiger partial charge in [0.1, 0.15) is 4.88 Å². The quantitative estimate of drug-likeness (QED) is 0.626. The molecule has 1 aliphatic rings. The molecule has 3 N–H and O–H groups in total. The van der Waals surface area contributed by atoms with Gasteiger partial charge in [0, 0.05) is 36.6 Å². The number of carbonyl (C=O) groups is 3. The largest absolute Gasteiger partial charge is 0.462 e. The van der Waals surface area contributed by atoms with Crippen molar-refractivity contribution in [3.63, 3.8) is 0 Å². The molecule has 1 fully saturated rings. The highest BCUT2D eigenvalue weighted by molar-refractivity contribution is 7.20. The number of rotatable bonds is 6. The van der Waals surface area contributed by atoms with Crippen molar-refractivity contribution in [3.8, 4) is 0 Å². The minimum absolute atomic E-state index is 0.00379. The molecule has 8 nitrogen and oxygen atoms in total. The van der Waals surface area contributed by atoms with Crippen LogP contribution in [0, 0.1) is 0 Å². The third-order valence-electron chi connectivity index (χ3n) is 4.82. The van der Waals surface area contributed by atoms with Crippen LogP contribution in [0.4, 0.5) is 10.5 Å². The molecule has 0 saturated carbocycles. The number of carbonyl (C=O) groups excluding carboxylic acids is 3. The molecule has 0 spiro atoms. The summed E-state index contributed by atoms with van der Waals surface area (Å²) in [7, 11) is 1.63. The van der Waals surface area contributed by atoms with Gasteiger partial charge in [-0.1, -0.05) is 0 Å². The number of anilines is 1. The summed E-state index contributed by atoms with van der Waals surface area (Å²) in [6.07, 6.45) is 1.60. The Bertz CT molecular complexity index is 890. The van der Waals surface area contributed by atoms with Crippen LogP contribution in [-0.2, 0) is 9.53 Å². The van der Waals surface area contributed by atoms with Gasteiger partial charge in [0.15, 0.2) is 0 Å². The lowest BCUT2D eigenvalue weighted by molar-refractivity contribution is -0.122. The Morgan fingerprint density at radius 3 is 2.66 bits per heavy atom. The summed E-state index contributed by atoms with van der Waals surface area (Å²) in [5.74, 6) is -0.326. The van der Waals surface area contributed by atoms with Crippen molar-refractivity contribution >= 4 is 45.0 Å². The molecule has 0 bridgehead atoms. The molecule has 3 rings (SSSR count). The van der Waals surface area contributed by atoms with E-state index in [2.05, 4.69) is 20.9 Å². The van der Waals surface area contributed by atoms with Crippen molar-refractivity contribution in [1.82, 2.24) is 15.5 Å². The van der Waals surface area contributed by atoms with Gasteiger partial charge in [-0.2, -0.15) is 0 Å². The number of hydrogen-bond donors (Lipinski definition) is 3. The number of thiophene rings is 1. The van der Waals surface area contributed by atoms with Crippen LogP contribution < -0.4 is 16.0 Å². The van der Waals surface area contributed by atoms with Crippen molar-refractivity contribution < 1.29 is 19.1 Å². The van der Waals surface area contributed by atoms with Crippen LogP contribution in [0.25, 0.3) is 10.1 Å². The standard InChI is InChI=1S/C20H26N4O4S/c1-3-28-19(26)17-11-13-10-15(4-5-16(13)29-17)23-20(27)22-14-6-8-24(9-7-14)12-18(25)21-2/h4-5,10-11,14H,3,6-9,12H2,1-2H3,(H,21,25)(H2,22,23,27). The van der Waals surface area contributed by atoms with E-state index >= 15 is 0 Å². The number of amides is 3. The summed E-state index contributed by atoms with van der Waals surface area (Å²) in [4.78, 5) is 38.3. The molecule has 1 aromatic heterocycles. The number of nitrogens with zero attached hydrogens (tertiary/aromatic N) is 1. The minimum Gasteiger partial charge on any atom is -0.462 e. The fourth-order valence-corrected chi connectivity index (χ4v) is 4.23. The SMILES string of the molecule is CCOC(=O)c1cc2cc(NC(=O)NC3CCN(CC(=O)NC)CC3)ccc2s1. The van der Waals surface area contributed by atoms with Gasteiger partial charge < -0.3 is 20.7 Å². The number of piperidine rings is 1. The summed E-state index contributed by atoms with van der Waals surface area (Å²) in [6, 6.07) is 7.16. The second kappa shape index (κ2) is 9.71. The first-order valence-corrected chi connectivity index (χ1v) is 10.5. The van der Waals surface area contributed by atoms with E-state index in [0.29, 0.717) is 23.7 Å². The average Bonchev–Trinajstić information content (AvgIpc) is 3.13. The predicted octanol–water partition coefficient (Wildman–Crippen LogP) is 2.41. The molecule has 29 heavy (non-hydrogen) atoms. The molecule has 9 heteroatoms. The zero-order valence-corrected chi connectivity index (χ0v) is 17.4. The van der Waals surface area contributed by atoms with Gasteiger partial charge in [0.2, 0.25) is 5.91 Å². The third-order valence-corrected chi connectivity index (χ3v) is 5.92. The first-order chi connectivity index (χ1) is 14.0. The molecule has 0 radical (unpaired) electrons. The smallest absolute Gasteiger partial charge is 0.348 e. The van der Waals surface area contributed by atoms with E-state index < -0.39 is 0 Å². The highest BCUT2D eigenvalue weighted by Crippen LogP contribution is 2.28. The second-order valence-corrected chi connectivity index (χ2v) is 7.99. The predicted molar refractivity (Wildman–Crippen MR) is 113 cm³/mol. The van der Waals surface area contributed by atoms with Crippen molar-refractivity contribution in [1.29, 1.82) is 0 Å². The summed E-state index contributed by atoms with van der Waals surface area (Å²) in [5, 5.41) is 9.36. The summed E-state index contributed by atoms with van der Waals surface area (Å²) in [5.41, 5.74) is 0.667. The van der Waals surface area contributed by atoms with Gasteiger partial charge in [0.05, 0.1) is 13.2 Å². The number of nitrogens with one attached hydrogen (secondary N) is 3. The third kappa shape index (κ3) is 5.68. The lowest BCUT2D eigenvalue weighted by Crippen LogP contribution is -2.48. The van der Waals surface area contributed by atoms with Gasteiger partial charge in [0.25, 0.3) is 0 Å². The van der Waals surface area contributed by atoms with Gasteiger partial charge >= 0.3 is 12.0 Å². The molecule has 2 heterocycles. The Hall–Kier alpha value is -2.65. The topological polar surface area (TPSA) is 99.8 Å². The Kier molecular flexibility index (Phi) is 7.05. The van der Waals surface area contributed by atoms with E-state index in [0.717, 1.165) is 36.0 Å². The van der Waals surface area contributed by atoms with Crippen molar-refractivity contribution in [2.45, 2.75) is 25.8 Å². The molecule has 3 amide bonds. The Morgan fingerprint density at radius 2 is 1.97 bits per heavy atom. The molecule has 0 unspecified atom stereocenters. The number of likely N-dealkylation sites (tertiary alicyclic amines) is 1. The minimum atomic E-state index is -0.330. The normalized spacial score (nSPS) is 15.1. The molecule has 1 aromatic carbocycles. The van der Waals surface area contributed by atoms with Crippen LogP contribution in [-0.4, -0.2) is 62.1 Å². The Labute approximate surface area is 173 Å². The van der Waals surface area contributed by atoms with Crippen LogP contribution >= 0.6 is 11.3 Å². The van der Waals surface area contributed by atoms with Crippen molar-refractivity contribution in [2.24, 2.45) is 0 Å². The van der Waals surface area contributed by atoms with Crippen LogP contribution in [0.1, 0.15) is 29.4 Å². The van der Waals surface area contributed by atoms with Gasteiger partial charge in [-0.25, -0.2) is 9.59 Å². The maximum atomic E-state index is 12.3. The fraction of sp³-hybridized carbons (Fsp3) is 0.450. The Balaban J connectivity index is 1.52. The fourth-order valence-electron chi connectivity index (χ4n) is 3.29. The van der Waals surface area contributed by atoms with Crippen LogP contribution in [0.3, 0.4) is 0 Å². The second-order valence-electron chi connectivity index (χ2n) is 6.91. The number of hydrogen-bond acceptors (Lipinski definition) is 6. The summed E-state index contributed by atoms with van der Waals surface area (Å²) in [6.45, 7) is 4.05. The zero-order chi connectivity index (χ0) is 20.8. The van der Waals surface area contributed by atoms with E-state index in [1.807, 2.05) is 18.2 Å². The monoisotopic (exact) mass is 418 g/mol. The zero-order valence-electron chi connectivity index (χ0n) is 16.6. The van der Waals surface area contributed by atoms with Gasteiger partial charge in [-0.05, 0) is 49.4 Å². The average molecular weight is 419 g/mol. The van der Waals surface area contributed by atoms with Crippen molar-refractivity contribution in [2.75, 3.05) is 38.6 Å². The van der Waals surface area contributed by atoms with Crippen molar-refractivity contribution in [3.05, 3.63) is 29.1 Å². The van der Waals surface area contributed by atoms with Gasteiger partial charge in [-0.15, -0.1) is 11.3 Å². The molecule has 2 aromatic rings. The van der Waals surface area contributed by atoms with E-state index in [-0.39, 0.29) is 23.9 Å². The van der Waals surface area contributed by atoms with E-state index in [1.54, 1.807) is 20.0 Å². The number of fused-ring (bicyclic) bond motifs is 1. The van der Waals surface area contributed by atoms with Crippen LogP contribution in [0.15, 0.2) is 24.3 Å².